The molecule has 0 saturated heterocycles. The fraction of sp³-hybridized carbons (Fsp3) is 0.182. The van der Waals surface area contributed by atoms with Crippen molar-refractivity contribution < 1.29 is 24.5 Å². The Morgan fingerprint density at radius 1 is 1.03 bits per heavy atom. The average molecular weight is 439 g/mol. The molecular weight excluding hydrogens is 418 g/mol. The Hall–Kier alpha value is -4.34. The van der Waals surface area contributed by atoms with E-state index in [0.29, 0.717) is 5.56 Å². The number of aromatic nitrogens is 2. The first-order chi connectivity index (χ1) is 15.1. The number of carbonyl (C=O) groups excluding carboxylic acids is 2. The van der Waals surface area contributed by atoms with Crippen molar-refractivity contribution in [3.63, 3.8) is 0 Å². The number of nitrogens with two attached hydrogens (primary N) is 1. The molecule has 10 heteroatoms. The molecule has 0 unspecified atom stereocenters. The van der Waals surface area contributed by atoms with Gasteiger partial charge in [0, 0.05) is 7.05 Å². The Morgan fingerprint density at radius 2 is 1.69 bits per heavy atom. The number of Topliss-reactive ketones (excluding diaryl/α,β-unsaturated/α-hetero) is 1. The quantitative estimate of drug-likeness (QED) is 0.291. The van der Waals surface area contributed by atoms with Crippen LogP contribution in [-0.4, -0.2) is 37.7 Å². The van der Waals surface area contributed by atoms with Crippen molar-refractivity contribution >= 4 is 17.6 Å². The molecule has 3 rings (SSSR count). The zero-order chi connectivity index (χ0) is 23.6. The van der Waals surface area contributed by atoms with E-state index in [1.807, 2.05) is 0 Å². The van der Waals surface area contributed by atoms with Crippen LogP contribution in [0.1, 0.15) is 31.8 Å². The zero-order valence-corrected chi connectivity index (χ0v) is 17.4. The number of phenolic OH excluding ortho intramolecular Hbond substituents is 2. The first kappa shape index (κ1) is 22.3. The number of benzene rings is 2. The maximum atomic E-state index is 12.7. The first-order valence-electron chi connectivity index (χ1n) is 9.48. The fourth-order valence-corrected chi connectivity index (χ4v) is 3.09. The van der Waals surface area contributed by atoms with Gasteiger partial charge in [0.1, 0.15) is 16.9 Å². The van der Waals surface area contributed by atoms with Crippen molar-refractivity contribution in [2.75, 3.05) is 12.3 Å². The van der Waals surface area contributed by atoms with Crippen LogP contribution in [0, 0.1) is 6.92 Å². The lowest BCUT2D eigenvalue weighted by molar-refractivity contribution is 0.0470. The minimum absolute atomic E-state index is 0.0240. The third kappa shape index (κ3) is 4.10. The number of anilines is 1. The van der Waals surface area contributed by atoms with Gasteiger partial charge in [0.2, 0.25) is 5.78 Å². The van der Waals surface area contributed by atoms with Gasteiger partial charge in [-0.25, -0.2) is 9.59 Å². The number of rotatable bonds is 6. The minimum atomic E-state index is -1.08. The van der Waals surface area contributed by atoms with Crippen molar-refractivity contribution in [1.29, 1.82) is 0 Å². The van der Waals surface area contributed by atoms with E-state index in [0.717, 1.165) is 14.7 Å². The molecule has 0 radical (unpaired) electrons. The number of hydrogen-bond acceptors (Lipinski definition) is 8. The summed E-state index contributed by atoms with van der Waals surface area (Å²) >= 11 is 0. The molecule has 0 fully saturated rings. The molecule has 2 aromatic carbocycles. The van der Waals surface area contributed by atoms with Gasteiger partial charge in [-0.15, -0.1) is 0 Å². The van der Waals surface area contributed by atoms with E-state index in [2.05, 4.69) is 0 Å². The van der Waals surface area contributed by atoms with E-state index in [1.165, 1.54) is 26.1 Å². The zero-order valence-electron chi connectivity index (χ0n) is 17.4. The van der Waals surface area contributed by atoms with E-state index in [9.17, 15) is 29.4 Å². The molecule has 0 atom stereocenters. The Bertz CT molecular complexity index is 1320. The number of phenols is 2. The highest BCUT2D eigenvalue weighted by Crippen LogP contribution is 2.32. The molecule has 166 valence electrons. The lowest BCUT2D eigenvalue weighted by Gasteiger charge is -2.15. The van der Waals surface area contributed by atoms with E-state index in [1.54, 1.807) is 30.3 Å². The highest BCUT2D eigenvalue weighted by molar-refractivity contribution is 6.02. The lowest BCUT2D eigenvalue weighted by Crippen LogP contribution is -2.43. The molecule has 32 heavy (non-hydrogen) atoms. The summed E-state index contributed by atoms with van der Waals surface area (Å²) in [6, 6.07) is 11.5. The van der Waals surface area contributed by atoms with Gasteiger partial charge >= 0.3 is 11.7 Å². The van der Waals surface area contributed by atoms with Crippen molar-refractivity contribution in [1.82, 2.24) is 9.13 Å². The first-order valence-corrected chi connectivity index (χ1v) is 9.48. The van der Waals surface area contributed by atoms with Crippen LogP contribution >= 0.6 is 0 Å². The normalized spacial score (nSPS) is 10.7. The van der Waals surface area contributed by atoms with Crippen molar-refractivity contribution in [3.05, 3.63) is 85.6 Å². The Kier molecular flexibility index (Phi) is 6.15. The van der Waals surface area contributed by atoms with Crippen LogP contribution in [-0.2, 0) is 18.3 Å². The second-order valence-corrected chi connectivity index (χ2v) is 7.11. The molecule has 0 saturated carbocycles. The van der Waals surface area contributed by atoms with E-state index in [-0.39, 0.29) is 17.9 Å². The molecule has 3 aromatic rings. The van der Waals surface area contributed by atoms with Crippen LogP contribution in [0.25, 0.3) is 0 Å². The van der Waals surface area contributed by atoms with Crippen LogP contribution < -0.4 is 17.0 Å². The predicted molar refractivity (Wildman–Crippen MR) is 115 cm³/mol. The molecule has 0 spiro atoms. The number of nitrogens with zero attached hydrogens (tertiary/aromatic N) is 2. The second-order valence-electron chi connectivity index (χ2n) is 7.11. The summed E-state index contributed by atoms with van der Waals surface area (Å²) in [5.41, 5.74) is 4.59. The van der Waals surface area contributed by atoms with Crippen LogP contribution in [0.5, 0.6) is 11.5 Å². The minimum Gasteiger partial charge on any atom is -0.504 e. The van der Waals surface area contributed by atoms with Crippen LogP contribution in [0.4, 0.5) is 5.82 Å². The maximum Gasteiger partial charge on any atom is 0.342 e. The second kappa shape index (κ2) is 8.80. The van der Waals surface area contributed by atoms with Crippen molar-refractivity contribution in [2.24, 2.45) is 7.05 Å². The molecule has 0 aliphatic carbocycles. The van der Waals surface area contributed by atoms with E-state index < -0.39 is 46.7 Å². The summed E-state index contributed by atoms with van der Waals surface area (Å²) in [4.78, 5) is 50.0. The van der Waals surface area contributed by atoms with Gasteiger partial charge in [0.25, 0.3) is 5.56 Å². The Labute approximate surface area is 181 Å². The monoisotopic (exact) mass is 439 g/mol. The molecule has 1 aromatic heterocycles. The summed E-state index contributed by atoms with van der Waals surface area (Å²) < 4.78 is 6.73. The van der Waals surface area contributed by atoms with Gasteiger partial charge in [-0.05, 0) is 24.1 Å². The fourth-order valence-electron chi connectivity index (χ4n) is 3.09. The van der Waals surface area contributed by atoms with Gasteiger partial charge in [-0.1, -0.05) is 36.4 Å². The summed E-state index contributed by atoms with van der Waals surface area (Å²) in [6.45, 7) is 0.683. The highest BCUT2D eigenvalue weighted by Gasteiger charge is 2.24. The molecular formula is C22H21N3O7. The summed E-state index contributed by atoms with van der Waals surface area (Å²) in [7, 11) is 1.21. The predicted octanol–water partition coefficient (Wildman–Crippen LogP) is 0.937. The molecule has 0 amide bonds. The van der Waals surface area contributed by atoms with Gasteiger partial charge in [-0.2, -0.15) is 0 Å². The number of aromatic hydroxyl groups is 2. The molecule has 10 nitrogen and oxygen atoms in total. The number of ether oxygens (including phenoxy) is 1. The maximum absolute atomic E-state index is 12.7. The SMILES string of the molecule is Cc1ccc(C(=O)OCC(=O)c2c(N)n(Cc3ccccc3)c(=O)n(C)c2=O)c(O)c1O. The standard InChI is InChI=1S/C22H21N3O7/c1-12-8-9-14(18(28)17(12)27)21(30)32-11-15(26)16-19(23)25(22(31)24(2)20(16)29)10-13-6-4-3-5-7-13/h3-9,27-28H,10-11,23H2,1-2H3. The molecule has 0 bridgehead atoms. The summed E-state index contributed by atoms with van der Waals surface area (Å²) in [6.07, 6.45) is 0. The number of esters is 1. The molecule has 0 aliphatic rings. The smallest absolute Gasteiger partial charge is 0.342 e. The van der Waals surface area contributed by atoms with Gasteiger partial charge in [0.15, 0.2) is 18.1 Å². The summed E-state index contributed by atoms with van der Waals surface area (Å²) in [5.74, 6) is -3.53. The number of nitrogen functional groups attached to an aromatic ring is 1. The number of ketones is 1. The largest absolute Gasteiger partial charge is 0.504 e. The lowest BCUT2D eigenvalue weighted by atomic mass is 10.1. The third-order valence-electron chi connectivity index (χ3n) is 4.95. The van der Waals surface area contributed by atoms with Crippen molar-refractivity contribution in [2.45, 2.75) is 13.5 Å². The topological polar surface area (TPSA) is 154 Å². The van der Waals surface area contributed by atoms with Gasteiger partial charge < -0.3 is 20.7 Å². The third-order valence-corrected chi connectivity index (χ3v) is 4.95. The van der Waals surface area contributed by atoms with Gasteiger partial charge in [-0.3, -0.25) is 18.7 Å². The van der Waals surface area contributed by atoms with Crippen molar-refractivity contribution in [3.8, 4) is 11.5 Å². The number of hydrogen-bond donors (Lipinski definition) is 3. The molecule has 0 aliphatic heterocycles. The van der Waals surface area contributed by atoms with Crippen LogP contribution in [0.3, 0.4) is 0 Å². The van der Waals surface area contributed by atoms with E-state index >= 15 is 0 Å². The number of aryl methyl sites for hydroxylation is 1. The summed E-state index contributed by atoms with van der Waals surface area (Å²) in [5, 5.41) is 19.7. The highest BCUT2D eigenvalue weighted by atomic mass is 16.5. The Balaban J connectivity index is 1.90. The van der Waals surface area contributed by atoms with E-state index in [4.69, 9.17) is 10.5 Å². The molecule has 4 N–H and O–H groups in total. The van der Waals surface area contributed by atoms with Crippen LogP contribution in [0.15, 0.2) is 52.1 Å². The van der Waals surface area contributed by atoms with Crippen LogP contribution in [0.2, 0.25) is 0 Å². The number of carbonyl (C=O) groups is 2. The van der Waals surface area contributed by atoms with Gasteiger partial charge in [0.05, 0.1) is 6.54 Å². The average Bonchev–Trinajstić information content (AvgIpc) is 2.78. The molecule has 1 heterocycles. The Morgan fingerprint density at radius 3 is 2.34 bits per heavy atom.